The molecule has 4 rings (SSSR count). The van der Waals surface area contributed by atoms with Crippen LogP contribution in [0.4, 0.5) is 5.82 Å². The van der Waals surface area contributed by atoms with E-state index >= 15 is 0 Å². The lowest BCUT2D eigenvalue weighted by atomic mass is 10.1. The van der Waals surface area contributed by atoms with Crippen molar-refractivity contribution in [2.75, 3.05) is 24.5 Å². The molecule has 0 aliphatic carbocycles. The molecule has 0 atom stereocenters. The first kappa shape index (κ1) is 15.1. The maximum Gasteiger partial charge on any atom is 0.221 e. The van der Waals surface area contributed by atoms with Crippen LogP contribution in [0.5, 0.6) is 0 Å². The van der Waals surface area contributed by atoms with Crippen molar-refractivity contribution in [3.8, 4) is 11.1 Å². The molecule has 3 heterocycles. The standard InChI is InChI=1S/C18H18N4OS/c1-12-20-17(22-9-7-15(23)19-8-10-22)16-14(11-24-18(16)21-12)13-5-3-2-4-6-13/h2-6,11H,7-10H2,1H3,(H,19,23). The molecule has 24 heavy (non-hydrogen) atoms. The first-order valence-corrected chi connectivity index (χ1v) is 8.93. The van der Waals surface area contributed by atoms with Gasteiger partial charge in [-0.05, 0) is 12.5 Å². The molecular weight excluding hydrogens is 320 g/mol. The third kappa shape index (κ3) is 2.73. The van der Waals surface area contributed by atoms with Gasteiger partial charge >= 0.3 is 0 Å². The fourth-order valence-electron chi connectivity index (χ4n) is 3.06. The predicted molar refractivity (Wildman–Crippen MR) is 97.4 cm³/mol. The van der Waals surface area contributed by atoms with Gasteiger partial charge in [-0.15, -0.1) is 11.3 Å². The van der Waals surface area contributed by atoms with Crippen molar-refractivity contribution in [1.82, 2.24) is 15.3 Å². The zero-order chi connectivity index (χ0) is 16.5. The summed E-state index contributed by atoms with van der Waals surface area (Å²) in [7, 11) is 0. The highest BCUT2D eigenvalue weighted by Crippen LogP contribution is 2.38. The number of carbonyl (C=O) groups excluding carboxylic acids is 1. The molecule has 6 heteroatoms. The minimum absolute atomic E-state index is 0.105. The molecular formula is C18H18N4OS. The van der Waals surface area contributed by atoms with Crippen LogP contribution in [0.15, 0.2) is 35.7 Å². The average molecular weight is 338 g/mol. The molecule has 1 amide bonds. The summed E-state index contributed by atoms with van der Waals surface area (Å²) in [5.41, 5.74) is 2.33. The molecule has 1 fully saturated rings. The topological polar surface area (TPSA) is 58.1 Å². The second-order valence-electron chi connectivity index (χ2n) is 5.88. The van der Waals surface area contributed by atoms with Crippen molar-refractivity contribution in [2.24, 2.45) is 0 Å². The third-order valence-electron chi connectivity index (χ3n) is 4.22. The van der Waals surface area contributed by atoms with E-state index in [1.807, 2.05) is 25.1 Å². The van der Waals surface area contributed by atoms with Gasteiger partial charge < -0.3 is 10.2 Å². The van der Waals surface area contributed by atoms with Gasteiger partial charge in [0.05, 0.1) is 5.39 Å². The van der Waals surface area contributed by atoms with Gasteiger partial charge in [0.2, 0.25) is 5.91 Å². The van der Waals surface area contributed by atoms with Gasteiger partial charge in [-0.2, -0.15) is 0 Å². The molecule has 0 spiro atoms. The fraction of sp³-hybridized carbons (Fsp3) is 0.278. The van der Waals surface area contributed by atoms with Crippen molar-refractivity contribution >= 4 is 33.3 Å². The molecule has 2 aromatic heterocycles. The lowest BCUT2D eigenvalue weighted by Gasteiger charge is -2.22. The number of rotatable bonds is 2. The molecule has 1 N–H and O–H groups in total. The number of amides is 1. The van der Waals surface area contributed by atoms with E-state index in [-0.39, 0.29) is 5.91 Å². The molecule has 1 saturated heterocycles. The van der Waals surface area contributed by atoms with E-state index in [1.54, 1.807) is 11.3 Å². The Morgan fingerprint density at radius 2 is 2.00 bits per heavy atom. The van der Waals surface area contributed by atoms with Crippen LogP contribution in [0.25, 0.3) is 21.3 Å². The van der Waals surface area contributed by atoms with E-state index in [0.29, 0.717) is 19.5 Å². The number of anilines is 1. The van der Waals surface area contributed by atoms with Crippen molar-refractivity contribution in [3.63, 3.8) is 0 Å². The number of aryl methyl sites for hydroxylation is 1. The summed E-state index contributed by atoms with van der Waals surface area (Å²) in [4.78, 5) is 24.2. The van der Waals surface area contributed by atoms with Gasteiger partial charge in [-0.3, -0.25) is 4.79 Å². The van der Waals surface area contributed by atoms with Gasteiger partial charge in [0.25, 0.3) is 0 Å². The maximum absolute atomic E-state index is 11.7. The number of aromatic nitrogens is 2. The maximum atomic E-state index is 11.7. The van der Waals surface area contributed by atoms with Crippen LogP contribution in [-0.2, 0) is 4.79 Å². The minimum atomic E-state index is 0.105. The number of carbonyl (C=O) groups is 1. The number of hydrogen-bond acceptors (Lipinski definition) is 5. The Labute approximate surface area is 144 Å². The molecule has 0 bridgehead atoms. The number of nitrogens with one attached hydrogen (secondary N) is 1. The van der Waals surface area contributed by atoms with Crippen LogP contribution < -0.4 is 10.2 Å². The van der Waals surface area contributed by atoms with Crippen molar-refractivity contribution in [3.05, 3.63) is 41.5 Å². The van der Waals surface area contributed by atoms with Crippen LogP contribution >= 0.6 is 11.3 Å². The van der Waals surface area contributed by atoms with E-state index in [9.17, 15) is 4.79 Å². The van der Waals surface area contributed by atoms with Gasteiger partial charge in [-0.1, -0.05) is 30.3 Å². The van der Waals surface area contributed by atoms with Crippen LogP contribution in [-0.4, -0.2) is 35.5 Å². The van der Waals surface area contributed by atoms with Crippen LogP contribution in [0.1, 0.15) is 12.2 Å². The van der Waals surface area contributed by atoms with Crippen LogP contribution in [0, 0.1) is 6.92 Å². The Balaban J connectivity index is 1.87. The number of hydrogen-bond donors (Lipinski definition) is 1. The Morgan fingerprint density at radius 1 is 1.17 bits per heavy atom. The normalized spacial score (nSPS) is 15.4. The summed E-state index contributed by atoms with van der Waals surface area (Å²) in [6.07, 6.45) is 0.495. The summed E-state index contributed by atoms with van der Waals surface area (Å²) >= 11 is 1.65. The average Bonchev–Trinajstić information content (AvgIpc) is 2.89. The summed E-state index contributed by atoms with van der Waals surface area (Å²) < 4.78 is 0. The molecule has 0 saturated carbocycles. The molecule has 5 nitrogen and oxygen atoms in total. The molecule has 1 aliphatic heterocycles. The first-order chi connectivity index (χ1) is 11.7. The Morgan fingerprint density at radius 3 is 2.83 bits per heavy atom. The second-order valence-corrected chi connectivity index (χ2v) is 6.74. The summed E-state index contributed by atoms with van der Waals surface area (Å²) in [5, 5.41) is 6.17. The predicted octanol–water partition coefficient (Wildman–Crippen LogP) is 2.99. The van der Waals surface area contributed by atoms with E-state index in [1.165, 1.54) is 5.56 Å². The SMILES string of the molecule is Cc1nc(N2CCNC(=O)CC2)c2c(-c3ccccc3)csc2n1. The molecule has 1 aromatic carbocycles. The molecule has 122 valence electrons. The van der Waals surface area contributed by atoms with Gasteiger partial charge in [-0.25, -0.2) is 9.97 Å². The lowest BCUT2D eigenvalue weighted by molar-refractivity contribution is -0.120. The zero-order valence-electron chi connectivity index (χ0n) is 13.5. The van der Waals surface area contributed by atoms with Gasteiger partial charge in [0.15, 0.2) is 0 Å². The highest BCUT2D eigenvalue weighted by molar-refractivity contribution is 7.17. The quantitative estimate of drug-likeness (QED) is 0.780. The summed E-state index contributed by atoms with van der Waals surface area (Å²) in [5.74, 6) is 1.81. The molecule has 3 aromatic rings. The monoisotopic (exact) mass is 338 g/mol. The Kier molecular flexibility index (Phi) is 3.90. The molecule has 1 aliphatic rings. The molecule has 0 radical (unpaired) electrons. The Hall–Kier alpha value is -2.47. The third-order valence-corrected chi connectivity index (χ3v) is 5.10. The highest BCUT2D eigenvalue weighted by Gasteiger charge is 2.21. The van der Waals surface area contributed by atoms with Crippen molar-refractivity contribution < 1.29 is 4.79 Å². The van der Waals surface area contributed by atoms with Crippen molar-refractivity contribution in [1.29, 1.82) is 0 Å². The first-order valence-electron chi connectivity index (χ1n) is 8.05. The van der Waals surface area contributed by atoms with E-state index in [2.05, 4.69) is 32.7 Å². The lowest BCUT2D eigenvalue weighted by Crippen LogP contribution is -2.29. The van der Waals surface area contributed by atoms with Crippen LogP contribution in [0.2, 0.25) is 0 Å². The van der Waals surface area contributed by atoms with Gasteiger partial charge in [0, 0.05) is 37.0 Å². The summed E-state index contributed by atoms with van der Waals surface area (Å²) in [6, 6.07) is 10.3. The van der Waals surface area contributed by atoms with E-state index in [4.69, 9.17) is 4.98 Å². The zero-order valence-corrected chi connectivity index (χ0v) is 14.3. The highest BCUT2D eigenvalue weighted by atomic mass is 32.1. The van der Waals surface area contributed by atoms with Crippen LogP contribution in [0.3, 0.4) is 0 Å². The minimum Gasteiger partial charge on any atom is -0.354 e. The number of nitrogens with zero attached hydrogens (tertiary/aromatic N) is 3. The van der Waals surface area contributed by atoms with Crippen molar-refractivity contribution in [2.45, 2.75) is 13.3 Å². The fourth-order valence-corrected chi connectivity index (χ4v) is 4.05. The van der Waals surface area contributed by atoms with Gasteiger partial charge in [0.1, 0.15) is 16.5 Å². The van der Waals surface area contributed by atoms with E-state index in [0.717, 1.165) is 34.0 Å². The van der Waals surface area contributed by atoms with E-state index < -0.39 is 0 Å². The molecule has 0 unspecified atom stereocenters. The number of thiophene rings is 1. The number of fused-ring (bicyclic) bond motifs is 1. The number of benzene rings is 1. The second kappa shape index (κ2) is 6.20. The largest absolute Gasteiger partial charge is 0.354 e. The smallest absolute Gasteiger partial charge is 0.221 e. The summed E-state index contributed by atoms with van der Waals surface area (Å²) in [6.45, 7) is 4.02. The Bertz CT molecular complexity index is 891.